The van der Waals surface area contributed by atoms with E-state index in [-0.39, 0.29) is 22.6 Å². The van der Waals surface area contributed by atoms with Crippen molar-refractivity contribution in [1.29, 1.82) is 0 Å². The Morgan fingerprint density at radius 3 is 2.73 bits per heavy atom. The normalized spacial score (nSPS) is 10.7. The van der Waals surface area contributed by atoms with E-state index < -0.39 is 6.61 Å². The van der Waals surface area contributed by atoms with Crippen molar-refractivity contribution in [2.75, 3.05) is 11.1 Å². The molecule has 3 rings (SSSR count). The molecule has 0 radical (unpaired) electrons. The van der Waals surface area contributed by atoms with Crippen LogP contribution >= 0.6 is 11.8 Å². The zero-order valence-electron chi connectivity index (χ0n) is 13.1. The van der Waals surface area contributed by atoms with Gasteiger partial charge in [0.1, 0.15) is 5.75 Å². The van der Waals surface area contributed by atoms with Crippen LogP contribution in [-0.2, 0) is 4.79 Å². The highest BCUT2D eigenvalue weighted by Gasteiger charge is 2.11. The number of anilines is 1. The molecule has 3 aromatic rings. The van der Waals surface area contributed by atoms with Crippen molar-refractivity contribution in [3.63, 3.8) is 0 Å². The lowest BCUT2D eigenvalue weighted by Crippen LogP contribution is -2.14. The summed E-state index contributed by atoms with van der Waals surface area (Å²) in [4.78, 5) is 15.9. The molecule has 0 saturated carbocycles. The molecule has 0 fully saturated rings. The van der Waals surface area contributed by atoms with Gasteiger partial charge < -0.3 is 14.5 Å². The summed E-state index contributed by atoms with van der Waals surface area (Å²) in [6.45, 7) is -2.89. The van der Waals surface area contributed by atoms with Gasteiger partial charge in [0, 0.05) is 18.1 Å². The molecule has 0 saturated heterocycles. The van der Waals surface area contributed by atoms with Gasteiger partial charge in [-0.2, -0.15) is 8.78 Å². The Hall–Kier alpha value is -3.01. The maximum absolute atomic E-state index is 12.1. The molecule has 0 aliphatic heterocycles. The molecule has 0 bridgehead atoms. The third-order valence-electron chi connectivity index (χ3n) is 3.00. The van der Waals surface area contributed by atoms with Gasteiger partial charge in [0.05, 0.1) is 11.3 Å². The summed E-state index contributed by atoms with van der Waals surface area (Å²) in [5.74, 6) is 0.0692. The second-order valence-electron chi connectivity index (χ2n) is 4.85. The predicted molar refractivity (Wildman–Crippen MR) is 90.0 cm³/mol. The molecule has 0 unspecified atom stereocenters. The van der Waals surface area contributed by atoms with E-state index >= 15 is 0 Å². The fourth-order valence-corrected chi connectivity index (χ4v) is 2.48. The third-order valence-corrected chi connectivity index (χ3v) is 3.82. The molecule has 1 aromatic carbocycles. The van der Waals surface area contributed by atoms with Gasteiger partial charge in [0.15, 0.2) is 0 Å². The molecule has 10 heteroatoms. The monoisotopic (exact) mass is 378 g/mol. The Morgan fingerprint density at radius 1 is 1.23 bits per heavy atom. The van der Waals surface area contributed by atoms with Gasteiger partial charge in [-0.15, -0.1) is 10.2 Å². The number of ether oxygens (including phenoxy) is 1. The largest absolute Gasteiger partial charge is 0.435 e. The summed E-state index contributed by atoms with van der Waals surface area (Å²) >= 11 is 1.08. The summed E-state index contributed by atoms with van der Waals surface area (Å²) in [5.41, 5.74) is 1.14. The van der Waals surface area contributed by atoms with Gasteiger partial charge in [-0.05, 0) is 36.4 Å². The van der Waals surface area contributed by atoms with Crippen LogP contribution < -0.4 is 10.1 Å². The topological polar surface area (TPSA) is 90.1 Å². The zero-order valence-corrected chi connectivity index (χ0v) is 14.0. The average Bonchev–Trinajstić information content (AvgIpc) is 3.11. The van der Waals surface area contributed by atoms with E-state index in [9.17, 15) is 13.6 Å². The standard InChI is InChI=1S/C16H12F2N4O3S/c17-15(18)24-12-5-3-11(4-6-12)20-13(23)9-26-16-22-21-14(25-16)10-2-1-7-19-8-10/h1-8,15H,9H2,(H,20,23). The summed E-state index contributed by atoms with van der Waals surface area (Å²) in [7, 11) is 0. The van der Waals surface area contributed by atoms with Gasteiger partial charge in [-0.25, -0.2) is 0 Å². The maximum Gasteiger partial charge on any atom is 0.387 e. The Bertz CT molecular complexity index is 859. The molecular formula is C16H12F2N4O3S. The minimum Gasteiger partial charge on any atom is -0.435 e. The van der Waals surface area contributed by atoms with E-state index in [1.165, 1.54) is 24.3 Å². The number of nitrogens with one attached hydrogen (secondary N) is 1. The SMILES string of the molecule is O=C(CSc1nnc(-c2cccnc2)o1)Nc1ccc(OC(F)F)cc1. The van der Waals surface area contributed by atoms with E-state index in [4.69, 9.17) is 4.42 Å². The molecule has 134 valence electrons. The lowest BCUT2D eigenvalue weighted by molar-refractivity contribution is -0.113. The van der Waals surface area contributed by atoms with Crippen molar-refractivity contribution in [2.24, 2.45) is 0 Å². The molecule has 0 aliphatic rings. The Balaban J connectivity index is 1.50. The number of rotatable bonds is 7. The van der Waals surface area contributed by atoms with Crippen LogP contribution in [0.1, 0.15) is 0 Å². The molecule has 1 N–H and O–H groups in total. The summed E-state index contributed by atoms with van der Waals surface area (Å²) in [6.07, 6.45) is 3.22. The molecule has 7 nitrogen and oxygen atoms in total. The van der Waals surface area contributed by atoms with Gasteiger partial charge in [-0.1, -0.05) is 11.8 Å². The van der Waals surface area contributed by atoms with Crippen LogP contribution in [0.4, 0.5) is 14.5 Å². The molecule has 0 spiro atoms. The van der Waals surface area contributed by atoms with Gasteiger partial charge in [0.25, 0.3) is 5.22 Å². The summed E-state index contributed by atoms with van der Waals surface area (Å²) in [5, 5.41) is 10.6. The molecular weight excluding hydrogens is 366 g/mol. The quantitative estimate of drug-likeness (QED) is 0.630. The number of pyridine rings is 1. The van der Waals surface area contributed by atoms with Crippen LogP contribution in [0.15, 0.2) is 58.4 Å². The number of hydrogen-bond donors (Lipinski definition) is 1. The highest BCUT2D eigenvalue weighted by Crippen LogP contribution is 2.23. The maximum atomic E-state index is 12.1. The number of benzene rings is 1. The van der Waals surface area contributed by atoms with Gasteiger partial charge in [-0.3, -0.25) is 9.78 Å². The highest BCUT2D eigenvalue weighted by molar-refractivity contribution is 7.99. The number of amides is 1. The highest BCUT2D eigenvalue weighted by atomic mass is 32.2. The Kier molecular flexibility index (Phi) is 5.74. The number of carbonyl (C=O) groups excluding carboxylic acids is 1. The molecule has 0 atom stereocenters. The van der Waals surface area contributed by atoms with Crippen LogP contribution in [-0.4, -0.2) is 33.5 Å². The number of hydrogen-bond acceptors (Lipinski definition) is 7. The Morgan fingerprint density at radius 2 is 2.04 bits per heavy atom. The van der Waals surface area contributed by atoms with Gasteiger partial charge in [0.2, 0.25) is 11.8 Å². The van der Waals surface area contributed by atoms with Crippen molar-refractivity contribution in [1.82, 2.24) is 15.2 Å². The van der Waals surface area contributed by atoms with Crippen molar-refractivity contribution in [2.45, 2.75) is 11.8 Å². The smallest absolute Gasteiger partial charge is 0.387 e. The van der Waals surface area contributed by atoms with E-state index in [1.54, 1.807) is 24.5 Å². The molecule has 1 amide bonds. The molecule has 0 aliphatic carbocycles. The molecule has 2 heterocycles. The average molecular weight is 378 g/mol. The van der Waals surface area contributed by atoms with Crippen LogP contribution in [0, 0.1) is 0 Å². The molecule has 26 heavy (non-hydrogen) atoms. The van der Waals surface area contributed by atoms with E-state index in [1.807, 2.05) is 0 Å². The number of nitrogens with zero attached hydrogens (tertiary/aromatic N) is 3. The Labute approximate surface area is 150 Å². The van der Waals surface area contributed by atoms with Crippen LogP contribution in [0.5, 0.6) is 5.75 Å². The van der Waals surface area contributed by atoms with E-state index in [2.05, 4.69) is 25.2 Å². The van der Waals surface area contributed by atoms with E-state index in [0.717, 1.165) is 11.8 Å². The van der Waals surface area contributed by atoms with Crippen molar-refractivity contribution in [3.8, 4) is 17.2 Å². The van der Waals surface area contributed by atoms with Crippen molar-refractivity contribution >= 4 is 23.4 Å². The predicted octanol–water partition coefficient (Wildman–Crippen LogP) is 3.46. The number of halogens is 2. The third kappa shape index (κ3) is 4.99. The lowest BCUT2D eigenvalue weighted by Gasteiger charge is -2.06. The number of carbonyl (C=O) groups is 1. The number of alkyl halides is 2. The van der Waals surface area contributed by atoms with Crippen LogP contribution in [0.25, 0.3) is 11.5 Å². The fraction of sp³-hybridized carbons (Fsp3) is 0.125. The lowest BCUT2D eigenvalue weighted by atomic mass is 10.3. The minimum absolute atomic E-state index is 0.0150. The molecule has 2 aromatic heterocycles. The fourth-order valence-electron chi connectivity index (χ4n) is 1.92. The first-order chi connectivity index (χ1) is 12.6. The second-order valence-corrected chi connectivity index (χ2v) is 5.78. The van der Waals surface area contributed by atoms with E-state index in [0.29, 0.717) is 17.1 Å². The first-order valence-corrected chi connectivity index (χ1v) is 8.30. The number of thioether (sulfide) groups is 1. The van der Waals surface area contributed by atoms with Crippen LogP contribution in [0.2, 0.25) is 0 Å². The van der Waals surface area contributed by atoms with Crippen molar-refractivity contribution in [3.05, 3.63) is 48.8 Å². The second kappa shape index (κ2) is 8.39. The van der Waals surface area contributed by atoms with Crippen molar-refractivity contribution < 1.29 is 22.7 Å². The first kappa shape index (κ1) is 17.8. The zero-order chi connectivity index (χ0) is 18.4. The first-order valence-electron chi connectivity index (χ1n) is 7.31. The summed E-state index contributed by atoms with van der Waals surface area (Å²) in [6, 6.07) is 9.14. The van der Waals surface area contributed by atoms with Crippen LogP contribution in [0.3, 0.4) is 0 Å². The minimum atomic E-state index is -2.89. The summed E-state index contributed by atoms with van der Waals surface area (Å²) < 4.78 is 33.9. The number of aromatic nitrogens is 3. The van der Waals surface area contributed by atoms with Gasteiger partial charge >= 0.3 is 6.61 Å².